The van der Waals surface area contributed by atoms with Gasteiger partial charge in [-0.25, -0.2) is 0 Å². The van der Waals surface area contributed by atoms with Gasteiger partial charge in [0.2, 0.25) is 0 Å². The van der Waals surface area contributed by atoms with Gasteiger partial charge in [-0.15, -0.1) is 0 Å². The second-order valence-corrected chi connectivity index (χ2v) is 7.93. The first-order valence-corrected chi connectivity index (χ1v) is 10.6. The summed E-state index contributed by atoms with van der Waals surface area (Å²) in [5, 5.41) is 6.39. The zero-order valence-corrected chi connectivity index (χ0v) is 17.5. The molecule has 2 heterocycles. The highest BCUT2D eigenvalue weighted by Gasteiger charge is 2.22. The van der Waals surface area contributed by atoms with Crippen molar-refractivity contribution in [2.24, 2.45) is 0 Å². The molecule has 1 fully saturated rings. The number of nitrogens with zero attached hydrogens (tertiary/aromatic N) is 4. The average Bonchev–Trinajstić information content (AvgIpc) is 3.26. The summed E-state index contributed by atoms with van der Waals surface area (Å²) >= 11 is 0. The van der Waals surface area contributed by atoms with Gasteiger partial charge in [0.1, 0.15) is 0 Å². The van der Waals surface area contributed by atoms with Crippen LogP contribution in [0.1, 0.15) is 21.7 Å². The summed E-state index contributed by atoms with van der Waals surface area (Å²) in [5.74, 6) is 1.13. The molecule has 0 aliphatic carbocycles. The van der Waals surface area contributed by atoms with E-state index in [0.29, 0.717) is 17.3 Å². The average molecular weight is 412 g/mol. The third-order valence-electron chi connectivity index (χ3n) is 5.84. The van der Waals surface area contributed by atoms with Gasteiger partial charge >= 0.3 is 0 Å². The molecule has 6 heteroatoms. The van der Waals surface area contributed by atoms with Crippen LogP contribution in [0.4, 0.5) is 0 Å². The zero-order chi connectivity index (χ0) is 21.2. The Morgan fingerprint density at radius 1 is 0.935 bits per heavy atom. The van der Waals surface area contributed by atoms with Crippen molar-refractivity contribution in [3.63, 3.8) is 0 Å². The van der Waals surface area contributed by atoms with Gasteiger partial charge in [0, 0.05) is 43.9 Å². The molecule has 4 aromatic rings. The number of aromatic nitrogens is 2. The molecule has 31 heavy (non-hydrogen) atoms. The first kappa shape index (κ1) is 19.5. The number of benzene rings is 3. The molecule has 156 valence electrons. The Bertz CT molecular complexity index is 1200. The van der Waals surface area contributed by atoms with Gasteiger partial charge in [-0.1, -0.05) is 47.6 Å². The zero-order valence-electron chi connectivity index (χ0n) is 17.5. The van der Waals surface area contributed by atoms with Gasteiger partial charge in [0.25, 0.3) is 11.8 Å². The number of carbonyl (C=O) groups excluding carboxylic acids is 1. The largest absolute Gasteiger partial charge is 0.336 e. The quantitative estimate of drug-likeness (QED) is 0.504. The number of piperazine rings is 1. The lowest BCUT2D eigenvalue weighted by Gasteiger charge is -2.35. The van der Waals surface area contributed by atoms with Crippen LogP contribution in [0.15, 0.2) is 71.3 Å². The van der Waals surface area contributed by atoms with Gasteiger partial charge in [0.15, 0.2) is 5.82 Å². The van der Waals surface area contributed by atoms with E-state index < -0.39 is 0 Å². The van der Waals surface area contributed by atoms with E-state index in [1.165, 1.54) is 16.3 Å². The highest BCUT2D eigenvalue weighted by molar-refractivity contribution is 5.94. The van der Waals surface area contributed by atoms with Crippen LogP contribution in [0.25, 0.3) is 22.2 Å². The van der Waals surface area contributed by atoms with Crippen LogP contribution in [-0.4, -0.2) is 52.0 Å². The predicted molar refractivity (Wildman–Crippen MR) is 120 cm³/mol. The fourth-order valence-corrected chi connectivity index (χ4v) is 4.13. The predicted octanol–water partition coefficient (Wildman–Crippen LogP) is 4.16. The SMILES string of the molecule is Cc1noc(-c2ccc(C(=O)N3CCN(Cc4cccc5ccccc45)CC3)cc2)n1. The summed E-state index contributed by atoms with van der Waals surface area (Å²) in [6, 6.07) is 22.4. The van der Waals surface area contributed by atoms with Gasteiger partial charge in [-0.2, -0.15) is 4.98 Å². The molecule has 0 radical (unpaired) electrons. The molecule has 0 bridgehead atoms. The topological polar surface area (TPSA) is 62.5 Å². The highest BCUT2D eigenvalue weighted by Crippen LogP contribution is 2.22. The summed E-state index contributed by atoms with van der Waals surface area (Å²) in [7, 11) is 0. The summed E-state index contributed by atoms with van der Waals surface area (Å²) in [6.45, 7) is 5.89. The molecule has 1 aromatic heterocycles. The Morgan fingerprint density at radius 2 is 1.68 bits per heavy atom. The van der Waals surface area contributed by atoms with Crippen LogP contribution in [-0.2, 0) is 6.54 Å². The third-order valence-corrected chi connectivity index (χ3v) is 5.84. The lowest BCUT2D eigenvalue weighted by atomic mass is 10.0. The molecule has 0 atom stereocenters. The highest BCUT2D eigenvalue weighted by atomic mass is 16.5. The molecule has 1 amide bonds. The van der Waals surface area contributed by atoms with E-state index in [4.69, 9.17) is 4.52 Å². The molecule has 0 unspecified atom stereocenters. The van der Waals surface area contributed by atoms with Crippen LogP contribution in [0.5, 0.6) is 0 Å². The summed E-state index contributed by atoms with van der Waals surface area (Å²) in [5.41, 5.74) is 2.84. The van der Waals surface area contributed by atoms with Gasteiger partial charge < -0.3 is 9.42 Å². The Labute approximate surface area is 181 Å². The monoisotopic (exact) mass is 412 g/mol. The summed E-state index contributed by atoms with van der Waals surface area (Å²) < 4.78 is 5.19. The Balaban J connectivity index is 1.21. The second-order valence-electron chi connectivity index (χ2n) is 7.93. The van der Waals surface area contributed by atoms with Crippen molar-refractivity contribution >= 4 is 16.7 Å². The molecule has 0 spiro atoms. The van der Waals surface area contributed by atoms with Crippen molar-refractivity contribution in [1.29, 1.82) is 0 Å². The van der Waals surface area contributed by atoms with E-state index in [-0.39, 0.29) is 5.91 Å². The Hall–Kier alpha value is -3.51. The molecule has 0 saturated carbocycles. The van der Waals surface area contributed by atoms with E-state index >= 15 is 0 Å². The van der Waals surface area contributed by atoms with Gasteiger partial charge in [-0.3, -0.25) is 9.69 Å². The number of aryl methyl sites for hydroxylation is 1. The van der Waals surface area contributed by atoms with Crippen LogP contribution in [0.3, 0.4) is 0 Å². The second kappa shape index (κ2) is 8.32. The van der Waals surface area contributed by atoms with Crippen molar-refractivity contribution in [2.45, 2.75) is 13.5 Å². The lowest BCUT2D eigenvalue weighted by molar-refractivity contribution is 0.0629. The molecule has 1 aliphatic heterocycles. The maximum atomic E-state index is 12.9. The van der Waals surface area contributed by atoms with E-state index in [1.54, 1.807) is 6.92 Å². The molecule has 3 aromatic carbocycles. The maximum Gasteiger partial charge on any atom is 0.257 e. The minimum absolute atomic E-state index is 0.0677. The number of hydrogen-bond acceptors (Lipinski definition) is 5. The number of amides is 1. The molecule has 5 rings (SSSR count). The smallest absolute Gasteiger partial charge is 0.257 e. The van der Waals surface area contributed by atoms with Crippen molar-refractivity contribution in [3.8, 4) is 11.5 Å². The number of rotatable bonds is 4. The normalized spacial score (nSPS) is 14.8. The first-order chi connectivity index (χ1) is 15.2. The van der Waals surface area contributed by atoms with Crippen LogP contribution in [0, 0.1) is 6.92 Å². The molecule has 0 N–H and O–H groups in total. The maximum absolute atomic E-state index is 12.9. The standard InChI is InChI=1S/C25H24N4O2/c1-18-26-24(31-27-18)20-9-11-21(12-10-20)25(30)29-15-13-28(14-16-29)17-22-7-4-6-19-5-2-3-8-23(19)22/h2-12H,13-17H2,1H3. The van der Waals surface area contributed by atoms with Crippen molar-refractivity contribution in [2.75, 3.05) is 26.2 Å². The fraction of sp³-hybridized carbons (Fsp3) is 0.240. The minimum Gasteiger partial charge on any atom is -0.336 e. The fourth-order valence-electron chi connectivity index (χ4n) is 4.13. The molecule has 1 aliphatic rings. The van der Waals surface area contributed by atoms with E-state index in [9.17, 15) is 4.79 Å². The third kappa shape index (κ3) is 4.07. The number of carbonyl (C=O) groups is 1. The minimum atomic E-state index is 0.0677. The van der Waals surface area contributed by atoms with Crippen LogP contribution < -0.4 is 0 Å². The van der Waals surface area contributed by atoms with E-state index in [1.807, 2.05) is 29.2 Å². The molecule has 6 nitrogen and oxygen atoms in total. The molecular formula is C25H24N4O2. The molecular weight excluding hydrogens is 388 g/mol. The van der Waals surface area contributed by atoms with Crippen LogP contribution in [0.2, 0.25) is 0 Å². The van der Waals surface area contributed by atoms with Gasteiger partial charge in [0.05, 0.1) is 0 Å². The van der Waals surface area contributed by atoms with Crippen molar-refractivity contribution < 1.29 is 9.32 Å². The first-order valence-electron chi connectivity index (χ1n) is 10.6. The van der Waals surface area contributed by atoms with Gasteiger partial charge in [-0.05, 0) is 47.5 Å². The van der Waals surface area contributed by atoms with Crippen molar-refractivity contribution in [1.82, 2.24) is 19.9 Å². The number of hydrogen-bond donors (Lipinski definition) is 0. The Morgan fingerprint density at radius 3 is 2.42 bits per heavy atom. The van der Waals surface area contributed by atoms with E-state index in [0.717, 1.165) is 38.3 Å². The van der Waals surface area contributed by atoms with E-state index in [2.05, 4.69) is 57.5 Å². The lowest BCUT2D eigenvalue weighted by Crippen LogP contribution is -2.48. The summed E-state index contributed by atoms with van der Waals surface area (Å²) in [4.78, 5) is 21.5. The summed E-state index contributed by atoms with van der Waals surface area (Å²) in [6.07, 6.45) is 0. The Kier molecular flexibility index (Phi) is 5.22. The van der Waals surface area contributed by atoms with Crippen molar-refractivity contribution in [3.05, 3.63) is 83.7 Å². The number of fused-ring (bicyclic) bond motifs is 1. The van der Waals surface area contributed by atoms with Crippen LogP contribution >= 0.6 is 0 Å². The molecule has 1 saturated heterocycles.